The van der Waals surface area contributed by atoms with Crippen LogP contribution in [0.1, 0.15) is 0 Å². The molecule has 4 nitrogen and oxygen atoms in total. The van der Waals surface area contributed by atoms with Crippen molar-refractivity contribution in [2.45, 2.75) is 0 Å². The van der Waals surface area contributed by atoms with Crippen LogP contribution >= 0.6 is 15.9 Å². The minimum Gasteiger partial charge on any atom is -0.296 e. The lowest BCUT2D eigenvalue weighted by molar-refractivity contribution is 0.388. The van der Waals surface area contributed by atoms with Crippen molar-refractivity contribution in [3.63, 3.8) is 0 Å². The second-order valence-corrected chi connectivity index (χ2v) is 3.46. The Labute approximate surface area is 90.0 Å². The number of nitrogens with one attached hydrogen (secondary N) is 1. The fraction of sp³-hybridized carbons (Fsp3) is 0. The molecule has 2 aromatic rings. The molecule has 0 amide bonds. The number of aromatic nitrogens is 2. The van der Waals surface area contributed by atoms with Crippen LogP contribution in [0, 0.1) is 11.6 Å². The lowest BCUT2D eigenvalue weighted by Gasteiger charge is -2.01. The molecular formula is C8H3BrF2N2O2. The number of halogens is 3. The van der Waals surface area contributed by atoms with Crippen LogP contribution in [-0.2, 0) is 0 Å². The maximum atomic E-state index is 13.1. The first-order chi connectivity index (χ1) is 7.09. The summed E-state index contributed by atoms with van der Waals surface area (Å²) in [6, 6.07) is 2.21. The molecule has 0 unspecified atom stereocenters. The molecule has 0 saturated heterocycles. The van der Waals surface area contributed by atoms with Gasteiger partial charge in [0.1, 0.15) is 0 Å². The predicted molar refractivity (Wildman–Crippen MR) is 50.2 cm³/mol. The molecule has 0 aliphatic carbocycles. The summed E-state index contributed by atoms with van der Waals surface area (Å²) in [5.41, 5.74) is 0.208. The van der Waals surface area contributed by atoms with Gasteiger partial charge in [0.05, 0.1) is 4.47 Å². The van der Waals surface area contributed by atoms with Gasteiger partial charge in [-0.1, -0.05) is 5.16 Å². The molecule has 0 bridgehead atoms. The molecule has 0 spiro atoms. The second kappa shape index (κ2) is 3.58. The van der Waals surface area contributed by atoms with E-state index in [1.165, 1.54) is 6.07 Å². The first-order valence-corrected chi connectivity index (χ1v) is 4.59. The van der Waals surface area contributed by atoms with Gasteiger partial charge in [0.15, 0.2) is 17.5 Å². The minimum atomic E-state index is -1.05. The molecule has 15 heavy (non-hydrogen) atoms. The van der Waals surface area contributed by atoms with E-state index in [0.717, 1.165) is 6.07 Å². The summed E-state index contributed by atoms with van der Waals surface area (Å²) in [5, 5.41) is 3.36. The number of rotatable bonds is 1. The van der Waals surface area contributed by atoms with Crippen LogP contribution in [0.25, 0.3) is 11.4 Å². The number of benzene rings is 1. The zero-order valence-corrected chi connectivity index (χ0v) is 8.64. The summed E-state index contributed by atoms with van der Waals surface area (Å²) in [5.74, 6) is -2.76. The third-order valence-corrected chi connectivity index (χ3v) is 2.51. The maximum Gasteiger partial charge on any atom is 0.439 e. The normalized spacial score (nSPS) is 10.6. The number of hydrogen-bond acceptors (Lipinski definition) is 3. The van der Waals surface area contributed by atoms with Crippen molar-refractivity contribution in [3.05, 3.63) is 38.8 Å². The highest BCUT2D eigenvalue weighted by Crippen LogP contribution is 2.28. The maximum absolute atomic E-state index is 13.1. The van der Waals surface area contributed by atoms with E-state index in [2.05, 4.69) is 30.6 Å². The molecule has 0 radical (unpaired) electrons. The highest BCUT2D eigenvalue weighted by Gasteiger charge is 2.15. The van der Waals surface area contributed by atoms with E-state index in [4.69, 9.17) is 0 Å². The van der Waals surface area contributed by atoms with Crippen LogP contribution in [0.15, 0.2) is 25.9 Å². The third kappa shape index (κ3) is 1.70. The zero-order chi connectivity index (χ0) is 11.0. The minimum absolute atomic E-state index is 0.0331. The largest absolute Gasteiger partial charge is 0.439 e. The van der Waals surface area contributed by atoms with E-state index < -0.39 is 17.4 Å². The highest BCUT2D eigenvalue weighted by atomic mass is 79.9. The molecule has 2 rings (SSSR count). The van der Waals surface area contributed by atoms with Gasteiger partial charge in [0, 0.05) is 5.56 Å². The van der Waals surface area contributed by atoms with Gasteiger partial charge < -0.3 is 0 Å². The number of aromatic amines is 1. The van der Waals surface area contributed by atoms with Crippen LogP contribution in [-0.4, -0.2) is 10.1 Å². The Morgan fingerprint density at radius 3 is 2.73 bits per heavy atom. The number of H-pyrrole nitrogens is 1. The molecular weight excluding hydrogens is 274 g/mol. The van der Waals surface area contributed by atoms with Crippen molar-refractivity contribution in [2.75, 3.05) is 0 Å². The Morgan fingerprint density at radius 2 is 2.13 bits per heavy atom. The summed E-state index contributed by atoms with van der Waals surface area (Å²) in [4.78, 5) is 12.9. The lowest BCUT2D eigenvalue weighted by atomic mass is 10.2. The van der Waals surface area contributed by atoms with Gasteiger partial charge in [0.25, 0.3) is 0 Å². The van der Waals surface area contributed by atoms with E-state index in [1.807, 2.05) is 0 Å². The monoisotopic (exact) mass is 276 g/mol. The Balaban J connectivity index is 2.64. The quantitative estimate of drug-likeness (QED) is 0.812. The molecule has 78 valence electrons. The summed E-state index contributed by atoms with van der Waals surface area (Å²) in [6.07, 6.45) is 0. The van der Waals surface area contributed by atoms with Crippen molar-refractivity contribution in [1.29, 1.82) is 0 Å². The average molecular weight is 277 g/mol. The van der Waals surface area contributed by atoms with E-state index >= 15 is 0 Å². The van der Waals surface area contributed by atoms with Gasteiger partial charge in [-0.25, -0.2) is 13.6 Å². The predicted octanol–water partition coefficient (Wildman–Crippen LogP) is 2.07. The molecule has 1 N–H and O–H groups in total. The highest BCUT2D eigenvalue weighted by molar-refractivity contribution is 9.10. The van der Waals surface area contributed by atoms with Crippen LogP contribution in [0.4, 0.5) is 8.78 Å². The molecule has 0 atom stereocenters. The Kier molecular flexibility index (Phi) is 2.39. The van der Waals surface area contributed by atoms with E-state index in [-0.39, 0.29) is 15.9 Å². The smallest absolute Gasteiger partial charge is 0.296 e. The lowest BCUT2D eigenvalue weighted by Crippen LogP contribution is -1.96. The zero-order valence-electron chi connectivity index (χ0n) is 7.05. The van der Waals surface area contributed by atoms with E-state index in [9.17, 15) is 13.6 Å². The second-order valence-electron chi connectivity index (χ2n) is 2.67. The molecule has 1 aromatic heterocycles. The van der Waals surface area contributed by atoms with Crippen molar-refractivity contribution >= 4 is 15.9 Å². The number of hydrogen-bond donors (Lipinski definition) is 1. The van der Waals surface area contributed by atoms with Crippen molar-refractivity contribution in [2.24, 2.45) is 0 Å². The Bertz CT molecular complexity index is 564. The molecule has 7 heteroatoms. The number of nitrogens with zero attached hydrogens (tertiary/aromatic N) is 1. The molecule has 1 heterocycles. The molecule has 1 aromatic carbocycles. The van der Waals surface area contributed by atoms with Crippen molar-refractivity contribution < 1.29 is 13.3 Å². The summed E-state index contributed by atoms with van der Waals surface area (Å²) in [6.45, 7) is 0. The van der Waals surface area contributed by atoms with Gasteiger partial charge in [-0.15, -0.1) is 0 Å². The standard InChI is InChI=1S/C8H3BrF2N2O2/c9-5-3(1-2-4(10)6(5)11)7-12-8(14)15-13-7/h1-2H,(H,12,13,14). The van der Waals surface area contributed by atoms with Gasteiger partial charge in [0.2, 0.25) is 0 Å². The van der Waals surface area contributed by atoms with Crippen LogP contribution in [0.2, 0.25) is 0 Å². The Hall–Kier alpha value is -1.50. The van der Waals surface area contributed by atoms with Crippen molar-refractivity contribution in [1.82, 2.24) is 10.1 Å². The molecule has 0 fully saturated rings. The fourth-order valence-electron chi connectivity index (χ4n) is 1.05. The third-order valence-electron chi connectivity index (χ3n) is 1.73. The van der Waals surface area contributed by atoms with Gasteiger partial charge >= 0.3 is 5.76 Å². The van der Waals surface area contributed by atoms with Gasteiger partial charge in [-0.2, -0.15) is 0 Å². The van der Waals surface area contributed by atoms with E-state index in [1.54, 1.807) is 0 Å². The first kappa shape index (κ1) is 10.0. The summed E-state index contributed by atoms with van der Waals surface area (Å²) in [7, 11) is 0. The van der Waals surface area contributed by atoms with Crippen LogP contribution < -0.4 is 5.76 Å². The fourth-order valence-corrected chi connectivity index (χ4v) is 1.56. The van der Waals surface area contributed by atoms with Gasteiger partial charge in [-0.3, -0.25) is 9.51 Å². The van der Waals surface area contributed by atoms with E-state index in [0.29, 0.717) is 0 Å². The SMILES string of the molecule is O=c1[nH]c(-c2ccc(F)c(F)c2Br)no1. The topological polar surface area (TPSA) is 58.9 Å². The Morgan fingerprint density at radius 1 is 1.40 bits per heavy atom. The first-order valence-electron chi connectivity index (χ1n) is 3.79. The summed E-state index contributed by atoms with van der Waals surface area (Å²) >= 11 is 2.86. The molecule has 0 aliphatic heterocycles. The average Bonchev–Trinajstić information content (AvgIpc) is 2.61. The molecule has 0 aliphatic rings. The van der Waals surface area contributed by atoms with Gasteiger partial charge in [-0.05, 0) is 28.1 Å². The molecule has 0 saturated carbocycles. The van der Waals surface area contributed by atoms with Crippen molar-refractivity contribution in [3.8, 4) is 11.4 Å². The summed E-state index contributed by atoms with van der Waals surface area (Å²) < 4.78 is 30.0. The van der Waals surface area contributed by atoms with Crippen LogP contribution in [0.5, 0.6) is 0 Å². The van der Waals surface area contributed by atoms with Crippen LogP contribution in [0.3, 0.4) is 0 Å².